The van der Waals surface area contributed by atoms with Gasteiger partial charge in [-0.05, 0) is 43.7 Å². The summed E-state index contributed by atoms with van der Waals surface area (Å²) in [7, 11) is 0. The number of nitrogens with zero attached hydrogens (tertiary/aromatic N) is 3. The van der Waals surface area contributed by atoms with Gasteiger partial charge in [-0.1, -0.05) is 60.7 Å². The number of benzene rings is 3. The van der Waals surface area contributed by atoms with Crippen molar-refractivity contribution in [3.05, 3.63) is 96.3 Å². The van der Waals surface area contributed by atoms with Crippen LogP contribution >= 0.6 is 0 Å². The summed E-state index contributed by atoms with van der Waals surface area (Å²) in [4.78, 5) is 32.4. The van der Waals surface area contributed by atoms with Crippen molar-refractivity contribution in [2.75, 3.05) is 11.4 Å². The molecule has 1 N–H and O–H groups in total. The first-order valence-electron chi connectivity index (χ1n) is 11.6. The minimum atomic E-state index is -0.0278. The van der Waals surface area contributed by atoms with Crippen molar-refractivity contribution in [1.82, 2.24) is 14.9 Å². The molecule has 0 aliphatic carbocycles. The third-order valence-corrected chi connectivity index (χ3v) is 5.72. The van der Waals surface area contributed by atoms with Crippen LogP contribution < -0.4 is 10.2 Å². The van der Waals surface area contributed by atoms with Crippen molar-refractivity contribution in [3.8, 4) is 0 Å². The second kappa shape index (κ2) is 10.8. The molecule has 0 bridgehead atoms. The van der Waals surface area contributed by atoms with Crippen molar-refractivity contribution in [2.24, 2.45) is 0 Å². The summed E-state index contributed by atoms with van der Waals surface area (Å²) >= 11 is 0. The SMILES string of the molecule is CC(C)N(C(=O)Cn1c(CCNC(=O)Cc2ccccc2)nc2ccccc21)c1ccccc1. The molecule has 4 rings (SSSR count). The smallest absolute Gasteiger partial charge is 0.247 e. The van der Waals surface area contributed by atoms with Crippen LogP contribution in [0.5, 0.6) is 0 Å². The second-order valence-corrected chi connectivity index (χ2v) is 8.56. The molecular formula is C28H30N4O2. The molecule has 0 fully saturated rings. The Hall–Kier alpha value is -3.93. The zero-order valence-corrected chi connectivity index (χ0v) is 19.6. The van der Waals surface area contributed by atoms with Gasteiger partial charge in [-0.15, -0.1) is 0 Å². The largest absolute Gasteiger partial charge is 0.355 e. The molecule has 174 valence electrons. The molecule has 0 spiro atoms. The second-order valence-electron chi connectivity index (χ2n) is 8.56. The molecule has 3 aromatic carbocycles. The van der Waals surface area contributed by atoms with Gasteiger partial charge in [-0.3, -0.25) is 9.59 Å². The van der Waals surface area contributed by atoms with E-state index in [0.717, 1.165) is 28.1 Å². The Morgan fingerprint density at radius 3 is 2.26 bits per heavy atom. The summed E-state index contributed by atoms with van der Waals surface area (Å²) in [6.07, 6.45) is 0.881. The average Bonchev–Trinajstić information content (AvgIpc) is 3.17. The summed E-state index contributed by atoms with van der Waals surface area (Å²) in [6.45, 7) is 4.66. The first kappa shape index (κ1) is 23.2. The van der Waals surface area contributed by atoms with Gasteiger partial charge in [-0.25, -0.2) is 4.98 Å². The van der Waals surface area contributed by atoms with Crippen LogP contribution in [0, 0.1) is 0 Å². The highest BCUT2D eigenvalue weighted by atomic mass is 16.2. The monoisotopic (exact) mass is 454 g/mol. The van der Waals surface area contributed by atoms with Crippen LogP contribution in [0.2, 0.25) is 0 Å². The van der Waals surface area contributed by atoms with Gasteiger partial charge in [0.05, 0.1) is 17.5 Å². The standard InChI is InChI=1S/C28H30N4O2/c1-21(2)32(23-13-7-4-8-14-23)28(34)20-31-25-16-10-9-15-24(25)30-26(31)17-18-29-27(33)19-22-11-5-3-6-12-22/h3-16,21H,17-20H2,1-2H3,(H,29,33). The van der Waals surface area contributed by atoms with Gasteiger partial charge in [0.2, 0.25) is 11.8 Å². The topological polar surface area (TPSA) is 67.2 Å². The number of para-hydroxylation sites is 3. The third kappa shape index (κ3) is 5.52. The fourth-order valence-electron chi connectivity index (χ4n) is 4.18. The van der Waals surface area contributed by atoms with Crippen LogP contribution in [0.15, 0.2) is 84.9 Å². The molecule has 1 aromatic heterocycles. The average molecular weight is 455 g/mol. The summed E-state index contributed by atoms with van der Waals surface area (Å²) in [5, 5.41) is 2.98. The number of anilines is 1. The fraction of sp³-hybridized carbons (Fsp3) is 0.250. The molecule has 2 amide bonds. The van der Waals surface area contributed by atoms with Crippen LogP contribution in [0.25, 0.3) is 11.0 Å². The quantitative estimate of drug-likeness (QED) is 0.408. The van der Waals surface area contributed by atoms with Crippen molar-refractivity contribution < 1.29 is 9.59 Å². The lowest BCUT2D eigenvalue weighted by molar-refractivity contribution is -0.121. The maximum atomic E-state index is 13.4. The number of aromatic nitrogens is 2. The van der Waals surface area contributed by atoms with Crippen molar-refractivity contribution in [3.63, 3.8) is 0 Å². The zero-order valence-electron chi connectivity index (χ0n) is 19.6. The number of fused-ring (bicyclic) bond motifs is 1. The molecule has 6 nitrogen and oxygen atoms in total. The van der Waals surface area contributed by atoms with Gasteiger partial charge in [0.15, 0.2) is 0 Å². The van der Waals surface area contributed by atoms with Crippen LogP contribution in [0.1, 0.15) is 25.2 Å². The van der Waals surface area contributed by atoms with Crippen LogP contribution in [0.3, 0.4) is 0 Å². The van der Waals surface area contributed by atoms with E-state index < -0.39 is 0 Å². The number of rotatable bonds is 9. The molecule has 0 saturated heterocycles. The molecule has 1 heterocycles. The minimum Gasteiger partial charge on any atom is -0.355 e. The Labute approximate surface area is 200 Å². The van der Waals surface area contributed by atoms with Crippen LogP contribution in [-0.2, 0) is 29.0 Å². The molecule has 0 aliphatic rings. The number of carbonyl (C=O) groups is 2. The molecule has 34 heavy (non-hydrogen) atoms. The van der Waals surface area contributed by atoms with Crippen molar-refractivity contribution in [2.45, 2.75) is 39.3 Å². The van der Waals surface area contributed by atoms with E-state index in [1.54, 1.807) is 0 Å². The number of amides is 2. The maximum absolute atomic E-state index is 13.4. The lowest BCUT2D eigenvalue weighted by Gasteiger charge is -2.27. The van der Waals surface area contributed by atoms with Crippen LogP contribution in [-0.4, -0.2) is 34.0 Å². The normalized spacial score (nSPS) is 11.0. The van der Waals surface area contributed by atoms with E-state index >= 15 is 0 Å². The van der Waals surface area contributed by atoms with E-state index in [0.29, 0.717) is 19.4 Å². The van der Waals surface area contributed by atoms with Gasteiger partial charge in [0.25, 0.3) is 0 Å². The minimum absolute atomic E-state index is 0.00119. The lowest BCUT2D eigenvalue weighted by Crippen LogP contribution is -2.39. The maximum Gasteiger partial charge on any atom is 0.247 e. The first-order chi connectivity index (χ1) is 16.5. The lowest BCUT2D eigenvalue weighted by atomic mass is 10.1. The number of hydrogen-bond donors (Lipinski definition) is 1. The highest BCUT2D eigenvalue weighted by molar-refractivity contribution is 5.94. The highest BCUT2D eigenvalue weighted by Crippen LogP contribution is 2.20. The summed E-state index contributed by atoms with van der Waals surface area (Å²) < 4.78 is 1.97. The van der Waals surface area contributed by atoms with E-state index in [1.165, 1.54) is 0 Å². The van der Waals surface area contributed by atoms with E-state index in [-0.39, 0.29) is 24.4 Å². The van der Waals surface area contributed by atoms with E-state index in [2.05, 4.69) is 5.32 Å². The predicted octanol–water partition coefficient (Wildman–Crippen LogP) is 4.38. The molecule has 0 unspecified atom stereocenters. The Kier molecular flexibility index (Phi) is 7.38. The molecule has 0 aliphatic heterocycles. The summed E-state index contributed by atoms with van der Waals surface area (Å²) in [5.74, 6) is 0.755. The molecule has 0 radical (unpaired) electrons. The van der Waals surface area contributed by atoms with Crippen molar-refractivity contribution >= 4 is 28.5 Å². The summed E-state index contributed by atoms with van der Waals surface area (Å²) in [5.41, 5.74) is 3.61. The Bertz CT molecular complexity index is 1250. The first-order valence-corrected chi connectivity index (χ1v) is 11.6. The highest BCUT2D eigenvalue weighted by Gasteiger charge is 2.22. The van der Waals surface area contributed by atoms with Gasteiger partial charge in [0, 0.05) is 24.7 Å². The van der Waals surface area contributed by atoms with Crippen LogP contribution in [0.4, 0.5) is 5.69 Å². The third-order valence-electron chi connectivity index (χ3n) is 5.72. The Morgan fingerprint density at radius 1 is 0.912 bits per heavy atom. The van der Waals surface area contributed by atoms with Crippen molar-refractivity contribution in [1.29, 1.82) is 0 Å². The van der Waals surface area contributed by atoms with Gasteiger partial charge in [-0.2, -0.15) is 0 Å². The van der Waals surface area contributed by atoms with E-state index in [9.17, 15) is 9.59 Å². The molecule has 0 atom stereocenters. The fourth-order valence-corrected chi connectivity index (χ4v) is 4.18. The van der Waals surface area contributed by atoms with E-state index in [1.807, 2.05) is 108 Å². The van der Waals surface area contributed by atoms with Gasteiger partial charge in [0.1, 0.15) is 12.4 Å². The number of carbonyl (C=O) groups excluding carboxylic acids is 2. The molecule has 0 saturated carbocycles. The molecule has 6 heteroatoms. The van der Waals surface area contributed by atoms with E-state index in [4.69, 9.17) is 4.98 Å². The number of imidazole rings is 1. The predicted molar refractivity (Wildman–Crippen MR) is 136 cm³/mol. The number of nitrogens with one attached hydrogen (secondary N) is 1. The molecule has 4 aromatic rings. The number of hydrogen-bond acceptors (Lipinski definition) is 3. The van der Waals surface area contributed by atoms with Gasteiger partial charge >= 0.3 is 0 Å². The Balaban J connectivity index is 1.50. The van der Waals surface area contributed by atoms with Gasteiger partial charge < -0.3 is 14.8 Å². The summed E-state index contributed by atoms with van der Waals surface area (Å²) in [6, 6.07) is 27.2. The molecular weight excluding hydrogens is 424 g/mol. The Morgan fingerprint density at radius 2 is 1.56 bits per heavy atom. The zero-order chi connectivity index (χ0) is 23.9.